The lowest BCUT2D eigenvalue weighted by Crippen LogP contribution is -2.36. The van der Waals surface area contributed by atoms with E-state index < -0.39 is 11.0 Å². The molecule has 7 nitrogen and oxygen atoms in total. The number of aromatic nitrogens is 1. The number of aliphatic hydroxyl groups excluding tert-OH is 1. The van der Waals surface area contributed by atoms with Gasteiger partial charge in [0.15, 0.2) is 5.58 Å². The molecule has 0 radical (unpaired) electrons. The lowest BCUT2D eigenvalue weighted by atomic mass is 10.2. The Bertz CT molecular complexity index is 636. The Morgan fingerprint density at radius 1 is 1.43 bits per heavy atom. The molecule has 21 heavy (non-hydrogen) atoms. The van der Waals surface area contributed by atoms with Gasteiger partial charge < -0.3 is 9.52 Å². The van der Waals surface area contributed by atoms with E-state index in [1.54, 1.807) is 13.0 Å². The highest BCUT2D eigenvalue weighted by molar-refractivity contribution is 5.75. The second-order valence-electron chi connectivity index (χ2n) is 5.39. The van der Waals surface area contributed by atoms with Gasteiger partial charge in [0.25, 0.3) is 5.69 Å². The van der Waals surface area contributed by atoms with Crippen molar-refractivity contribution in [3.05, 3.63) is 34.2 Å². The van der Waals surface area contributed by atoms with Gasteiger partial charge in [0.05, 0.1) is 17.6 Å². The fourth-order valence-corrected chi connectivity index (χ4v) is 2.12. The molecule has 1 atom stereocenters. The number of nitrogens with zero attached hydrogens (tertiary/aromatic N) is 3. The average molecular weight is 293 g/mol. The van der Waals surface area contributed by atoms with Crippen molar-refractivity contribution in [3.8, 4) is 0 Å². The zero-order chi connectivity index (χ0) is 15.6. The number of hydrogen-bond donors (Lipinski definition) is 1. The molecule has 1 aromatic heterocycles. The molecule has 0 aliphatic carbocycles. The SMILES string of the molecule is CC(O)CN(Cc1nc2cc([N+](=O)[O-])ccc2o1)C(C)C. The Hall–Kier alpha value is -1.99. The van der Waals surface area contributed by atoms with E-state index in [2.05, 4.69) is 4.98 Å². The predicted molar refractivity (Wildman–Crippen MR) is 77.9 cm³/mol. The van der Waals surface area contributed by atoms with Crippen molar-refractivity contribution in [3.63, 3.8) is 0 Å². The molecule has 0 aliphatic rings. The monoisotopic (exact) mass is 293 g/mol. The molecule has 0 saturated carbocycles. The molecule has 0 amide bonds. The van der Waals surface area contributed by atoms with Crippen molar-refractivity contribution >= 4 is 16.8 Å². The third kappa shape index (κ3) is 3.77. The summed E-state index contributed by atoms with van der Waals surface area (Å²) in [5.41, 5.74) is 0.989. The molecule has 1 unspecified atom stereocenters. The number of non-ortho nitro benzene ring substituents is 1. The molecule has 2 aromatic rings. The third-order valence-electron chi connectivity index (χ3n) is 3.19. The summed E-state index contributed by atoms with van der Waals surface area (Å²) in [5, 5.41) is 20.3. The Morgan fingerprint density at radius 3 is 2.71 bits per heavy atom. The Kier molecular flexibility index (Phi) is 4.54. The van der Waals surface area contributed by atoms with Crippen LogP contribution in [0.3, 0.4) is 0 Å². The molecule has 1 heterocycles. The first kappa shape index (κ1) is 15.4. The molecule has 2 rings (SSSR count). The minimum atomic E-state index is -0.457. The molecule has 0 aliphatic heterocycles. The minimum Gasteiger partial charge on any atom is -0.439 e. The van der Waals surface area contributed by atoms with Crippen LogP contribution in [0.4, 0.5) is 5.69 Å². The number of hydrogen-bond acceptors (Lipinski definition) is 6. The van der Waals surface area contributed by atoms with Crippen molar-refractivity contribution in [2.24, 2.45) is 0 Å². The van der Waals surface area contributed by atoms with E-state index in [1.807, 2.05) is 18.7 Å². The molecule has 0 saturated heterocycles. The van der Waals surface area contributed by atoms with Gasteiger partial charge in [-0.15, -0.1) is 0 Å². The van der Waals surface area contributed by atoms with Crippen LogP contribution < -0.4 is 0 Å². The number of fused-ring (bicyclic) bond motifs is 1. The van der Waals surface area contributed by atoms with Crippen LogP contribution in [0.15, 0.2) is 22.6 Å². The highest BCUT2D eigenvalue weighted by atomic mass is 16.6. The maximum Gasteiger partial charge on any atom is 0.271 e. The first-order valence-corrected chi connectivity index (χ1v) is 6.82. The van der Waals surface area contributed by atoms with Gasteiger partial charge in [-0.25, -0.2) is 4.98 Å². The Balaban J connectivity index is 2.23. The number of nitro groups is 1. The summed E-state index contributed by atoms with van der Waals surface area (Å²) in [6, 6.07) is 4.58. The van der Waals surface area contributed by atoms with Crippen molar-refractivity contribution < 1.29 is 14.4 Å². The van der Waals surface area contributed by atoms with Crippen LogP contribution >= 0.6 is 0 Å². The lowest BCUT2D eigenvalue weighted by Gasteiger charge is -2.26. The van der Waals surface area contributed by atoms with Crippen molar-refractivity contribution in [2.45, 2.75) is 39.5 Å². The van der Waals surface area contributed by atoms with E-state index in [0.717, 1.165) is 0 Å². The van der Waals surface area contributed by atoms with E-state index in [9.17, 15) is 15.2 Å². The number of nitro benzene ring substituents is 1. The second-order valence-corrected chi connectivity index (χ2v) is 5.39. The van der Waals surface area contributed by atoms with Gasteiger partial charge in [0, 0.05) is 24.7 Å². The summed E-state index contributed by atoms with van der Waals surface area (Å²) < 4.78 is 5.61. The van der Waals surface area contributed by atoms with Gasteiger partial charge in [-0.05, 0) is 26.8 Å². The third-order valence-corrected chi connectivity index (χ3v) is 3.19. The molecule has 0 bridgehead atoms. The summed E-state index contributed by atoms with van der Waals surface area (Å²) in [5.74, 6) is 0.486. The zero-order valence-electron chi connectivity index (χ0n) is 12.3. The van der Waals surface area contributed by atoms with E-state index in [1.165, 1.54) is 12.1 Å². The van der Waals surface area contributed by atoms with Crippen LogP contribution in [-0.4, -0.2) is 38.6 Å². The zero-order valence-corrected chi connectivity index (χ0v) is 12.3. The van der Waals surface area contributed by atoms with Crippen LogP contribution in [-0.2, 0) is 6.54 Å². The van der Waals surface area contributed by atoms with Crippen LogP contribution in [0.2, 0.25) is 0 Å². The lowest BCUT2D eigenvalue weighted by molar-refractivity contribution is -0.384. The average Bonchev–Trinajstić information content (AvgIpc) is 2.78. The maximum atomic E-state index is 10.8. The first-order chi connectivity index (χ1) is 9.86. The fraction of sp³-hybridized carbons (Fsp3) is 0.500. The van der Waals surface area contributed by atoms with Crippen molar-refractivity contribution in [2.75, 3.05) is 6.54 Å². The summed E-state index contributed by atoms with van der Waals surface area (Å²) in [4.78, 5) is 16.6. The topological polar surface area (TPSA) is 92.6 Å². The number of oxazole rings is 1. The maximum absolute atomic E-state index is 10.8. The van der Waals surface area contributed by atoms with Gasteiger partial charge >= 0.3 is 0 Å². The fourth-order valence-electron chi connectivity index (χ4n) is 2.12. The van der Waals surface area contributed by atoms with Crippen LogP contribution in [0.25, 0.3) is 11.1 Å². The van der Waals surface area contributed by atoms with Crippen LogP contribution in [0.5, 0.6) is 0 Å². The quantitative estimate of drug-likeness (QED) is 0.649. The van der Waals surface area contributed by atoms with E-state index in [0.29, 0.717) is 30.1 Å². The molecule has 7 heteroatoms. The van der Waals surface area contributed by atoms with Crippen molar-refractivity contribution in [1.82, 2.24) is 9.88 Å². The summed E-state index contributed by atoms with van der Waals surface area (Å²) in [7, 11) is 0. The van der Waals surface area contributed by atoms with Crippen molar-refractivity contribution in [1.29, 1.82) is 0 Å². The number of rotatable bonds is 6. The largest absolute Gasteiger partial charge is 0.439 e. The van der Waals surface area contributed by atoms with Gasteiger partial charge in [-0.3, -0.25) is 15.0 Å². The van der Waals surface area contributed by atoms with E-state index >= 15 is 0 Å². The van der Waals surface area contributed by atoms with Gasteiger partial charge in [0.1, 0.15) is 5.52 Å². The number of benzene rings is 1. The smallest absolute Gasteiger partial charge is 0.271 e. The molecular weight excluding hydrogens is 274 g/mol. The molecule has 0 fully saturated rings. The summed E-state index contributed by atoms with van der Waals surface area (Å²) in [6.07, 6.45) is -0.446. The van der Waals surface area contributed by atoms with Crippen LogP contribution in [0.1, 0.15) is 26.7 Å². The van der Waals surface area contributed by atoms with Crippen LogP contribution in [0, 0.1) is 10.1 Å². The molecule has 1 aromatic carbocycles. The first-order valence-electron chi connectivity index (χ1n) is 6.82. The second kappa shape index (κ2) is 6.19. The van der Waals surface area contributed by atoms with Gasteiger partial charge in [0.2, 0.25) is 5.89 Å². The highest BCUT2D eigenvalue weighted by Crippen LogP contribution is 2.22. The predicted octanol–water partition coefficient (Wildman–Crippen LogP) is 2.33. The molecule has 0 spiro atoms. The molecule has 1 N–H and O–H groups in total. The normalized spacial score (nSPS) is 13.2. The minimum absolute atomic E-state index is 0.00736. The van der Waals surface area contributed by atoms with Gasteiger partial charge in [-0.1, -0.05) is 0 Å². The summed E-state index contributed by atoms with van der Waals surface area (Å²) >= 11 is 0. The van der Waals surface area contributed by atoms with Gasteiger partial charge in [-0.2, -0.15) is 0 Å². The van der Waals surface area contributed by atoms with E-state index in [-0.39, 0.29) is 11.7 Å². The number of aliphatic hydroxyl groups is 1. The Morgan fingerprint density at radius 2 is 2.14 bits per heavy atom. The van der Waals surface area contributed by atoms with E-state index in [4.69, 9.17) is 4.42 Å². The molecule has 114 valence electrons. The molecular formula is C14H19N3O4. The Labute approximate surface area is 122 Å². The standard InChI is InChI=1S/C14H19N3O4/c1-9(2)16(7-10(3)18)8-14-15-12-6-11(17(19)20)4-5-13(12)21-14/h4-6,9-10,18H,7-8H2,1-3H3. The summed E-state index contributed by atoms with van der Waals surface area (Å²) in [6.45, 7) is 6.73. The highest BCUT2D eigenvalue weighted by Gasteiger charge is 2.17.